The quantitative estimate of drug-likeness (QED) is 0.741. The van der Waals surface area contributed by atoms with E-state index in [-0.39, 0.29) is 6.54 Å². The number of likely N-dealkylation sites (N-methyl/N-ethyl adjacent to an activating group) is 1. The van der Waals surface area contributed by atoms with Crippen molar-refractivity contribution in [3.05, 3.63) is 29.8 Å². The Morgan fingerprint density at radius 3 is 2.88 bits per heavy atom. The van der Waals surface area contributed by atoms with E-state index >= 15 is 0 Å². The normalized spacial score (nSPS) is 19.2. The molecule has 0 aromatic heterocycles. The number of aliphatic carboxylic acids is 1. The van der Waals surface area contributed by atoms with E-state index in [0.29, 0.717) is 6.04 Å². The van der Waals surface area contributed by atoms with Crippen LogP contribution < -0.4 is 4.74 Å². The zero-order valence-corrected chi connectivity index (χ0v) is 14.9. The number of carbonyl (C=O) groups is 1. The van der Waals surface area contributed by atoms with Crippen molar-refractivity contribution < 1.29 is 14.6 Å². The van der Waals surface area contributed by atoms with Crippen LogP contribution in [-0.2, 0) is 4.79 Å². The van der Waals surface area contributed by atoms with E-state index in [1.807, 2.05) is 30.1 Å². The number of likely N-dealkylation sites (tertiary alicyclic amines) is 1. The van der Waals surface area contributed by atoms with Gasteiger partial charge in [-0.15, -0.1) is 0 Å². The first kappa shape index (κ1) is 18.7. The Morgan fingerprint density at radius 1 is 1.33 bits per heavy atom. The fraction of sp³-hybridized carbons (Fsp3) is 0.632. The van der Waals surface area contributed by atoms with Gasteiger partial charge < -0.3 is 14.7 Å². The second-order valence-corrected chi connectivity index (χ2v) is 6.70. The number of nitrogens with zero attached hydrogens (tertiary/aromatic N) is 2. The molecular formula is C19H30N2O3. The number of aryl methyl sites for hydroxylation is 1. The van der Waals surface area contributed by atoms with Gasteiger partial charge in [-0.1, -0.05) is 18.2 Å². The summed E-state index contributed by atoms with van der Waals surface area (Å²) in [7, 11) is 1.92. The van der Waals surface area contributed by atoms with Gasteiger partial charge in [-0.05, 0) is 64.4 Å². The molecule has 1 aliphatic rings. The van der Waals surface area contributed by atoms with Gasteiger partial charge in [0.05, 0.1) is 13.2 Å². The molecule has 1 atom stereocenters. The fourth-order valence-electron chi connectivity index (χ4n) is 3.33. The van der Waals surface area contributed by atoms with Gasteiger partial charge in [-0.25, -0.2) is 0 Å². The second-order valence-electron chi connectivity index (χ2n) is 6.70. The summed E-state index contributed by atoms with van der Waals surface area (Å²) in [6.45, 7) is 6.12. The Bertz CT molecular complexity index is 521. The molecule has 5 heteroatoms. The first-order valence-electron chi connectivity index (χ1n) is 8.89. The van der Waals surface area contributed by atoms with Gasteiger partial charge in [0, 0.05) is 12.6 Å². The monoisotopic (exact) mass is 334 g/mol. The zero-order valence-electron chi connectivity index (χ0n) is 14.9. The molecule has 24 heavy (non-hydrogen) atoms. The lowest BCUT2D eigenvalue weighted by atomic mass is 10.1. The van der Waals surface area contributed by atoms with Crippen molar-refractivity contribution in [2.24, 2.45) is 0 Å². The van der Waals surface area contributed by atoms with Crippen LogP contribution in [0, 0.1) is 6.92 Å². The largest absolute Gasteiger partial charge is 0.493 e. The summed E-state index contributed by atoms with van der Waals surface area (Å²) in [5.74, 6) is 0.232. The number of carboxylic acids is 1. The summed E-state index contributed by atoms with van der Waals surface area (Å²) >= 11 is 0. The highest BCUT2D eigenvalue weighted by atomic mass is 16.5. The third-order valence-electron chi connectivity index (χ3n) is 4.77. The maximum Gasteiger partial charge on any atom is 0.317 e. The van der Waals surface area contributed by atoms with Crippen molar-refractivity contribution in [3.63, 3.8) is 0 Å². The van der Waals surface area contributed by atoms with Crippen molar-refractivity contribution in [1.82, 2.24) is 9.80 Å². The van der Waals surface area contributed by atoms with Gasteiger partial charge in [-0.2, -0.15) is 0 Å². The van der Waals surface area contributed by atoms with Crippen molar-refractivity contribution >= 4 is 5.97 Å². The molecule has 0 radical (unpaired) electrons. The molecule has 0 spiro atoms. The van der Waals surface area contributed by atoms with Gasteiger partial charge >= 0.3 is 5.97 Å². The van der Waals surface area contributed by atoms with Gasteiger partial charge in [0.2, 0.25) is 0 Å². The highest BCUT2D eigenvalue weighted by molar-refractivity contribution is 5.69. The molecule has 0 bridgehead atoms. The van der Waals surface area contributed by atoms with E-state index in [1.54, 1.807) is 0 Å². The van der Waals surface area contributed by atoms with Crippen LogP contribution in [0.4, 0.5) is 0 Å². The second kappa shape index (κ2) is 9.64. The summed E-state index contributed by atoms with van der Waals surface area (Å²) < 4.78 is 5.86. The molecule has 1 aromatic rings. The predicted octanol–water partition coefficient (Wildman–Crippen LogP) is 2.63. The minimum Gasteiger partial charge on any atom is -0.493 e. The average Bonchev–Trinajstić information content (AvgIpc) is 2.78. The minimum absolute atomic E-state index is 0.134. The van der Waals surface area contributed by atoms with Crippen molar-refractivity contribution in [2.75, 3.05) is 39.8 Å². The lowest BCUT2D eigenvalue weighted by Crippen LogP contribution is -2.36. The maximum absolute atomic E-state index is 10.9. The van der Waals surface area contributed by atoms with Crippen molar-refractivity contribution in [3.8, 4) is 5.75 Å². The van der Waals surface area contributed by atoms with E-state index in [1.165, 1.54) is 5.56 Å². The third kappa shape index (κ3) is 6.13. The van der Waals surface area contributed by atoms with Crippen LogP contribution in [0.25, 0.3) is 0 Å². The highest BCUT2D eigenvalue weighted by Crippen LogP contribution is 2.18. The number of ether oxygens (including phenoxy) is 1. The van der Waals surface area contributed by atoms with Crippen LogP contribution in [-0.4, -0.2) is 66.8 Å². The van der Waals surface area contributed by atoms with Crippen molar-refractivity contribution in [1.29, 1.82) is 0 Å². The molecule has 1 fully saturated rings. The Kier molecular flexibility index (Phi) is 7.53. The maximum atomic E-state index is 10.9. The SMILES string of the molecule is Cc1ccccc1OCCCN1CCCC(N(C)CC(=O)O)CC1. The van der Waals surface area contributed by atoms with E-state index in [0.717, 1.165) is 57.7 Å². The van der Waals surface area contributed by atoms with Crippen molar-refractivity contribution in [2.45, 2.75) is 38.6 Å². The Balaban J connectivity index is 1.67. The molecule has 5 nitrogen and oxygen atoms in total. The van der Waals surface area contributed by atoms with Gasteiger partial charge in [0.15, 0.2) is 0 Å². The molecule has 0 aliphatic carbocycles. The summed E-state index contributed by atoms with van der Waals surface area (Å²) in [4.78, 5) is 15.3. The summed E-state index contributed by atoms with van der Waals surface area (Å²) in [5, 5.41) is 8.93. The van der Waals surface area contributed by atoms with Gasteiger partial charge in [0.1, 0.15) is 5.75 Å². The molecule has 2 rings (SSSR count). The topological polar surface area (TPSA) is 53.0 Å². The predicted molar refractivity (Wildman–Crippen MR) is 95.6 cm³/mol. The number of para-hydroxylation sites is 1. The number of carboxylic acid groups (broad SMARTS) is 1. The van der Waals surface area contributed by atoms with Gasteiger partial charge in [0.25, 0.3) is 0 Å². The number of rotatable bonds is 8. The van der Waals surface area contributed by atoms with Crippen LogP contribution in [0.3, 0.4) is 0 Å². The van der Waals surface area contributed by atoms with E-state index in [4.69, 9.17) is 9.84 Å². The molecule has 1 aliphatic heterocycles. The van der Waals surface area contributed by atoms with Crippen LogP contribution in [0.1, 0.15) is 31.2 Å². The van der Waals surface area contributed by atoms with E-state index < -0.39 is 5.97 Å². The molecular weight excluding hydrogens is 304 g/mol. The molecule has 1 heterocycles. The van der Waals surface area contributed by atoms with Gasteiger partial charge in [-0.3, -0.25) is 9.69 Å². The number of benzene rings is 1. The lowest BCUT2D eigenvalue weighted by Gasteiger charge is -2.25. The Morgan fingerprint density at radius 2 is 2.12 bits per heavy atom. The Labute approximate surface area is 145 Å². The van der Waals surface area contributed by atoms with E-state index in [9.17, 15) is 4.79 Å². The highest BCUT2D eigenvalue weighted by Gasteiger charge is 2.21. The first-order valence-corrected chi connectivity index (χ1v) is 8.89. The molecule has 0 saturated carbocycles. The summed E-state index contributed by atoms with van der Waals surface area (Å²) in [6, 6.07) is 8.50. The summed E-state index contributed by atoms with van der Waals surface area (Å²) in [5.41, 5.74) is 1.18. The lowest BCUT2D eigenvalue weighted by molar-refractivity contribution is -0.138. The van der Waals surface area contributed by atoms with E-state index in [2.05, 4.69) is 17.9 Å². The molecule has 1 N–H and O–H groups in total. The number of hydrogen-bond donors (Lipinski definition) is 1. The average molecular weight is 334 g/mol. The number of hydrogen-bond acceptors (Lipinski definition) is 4. The standard InChI is InChI=1S/C19H30N2O3/c1-16-7-3-4-9-18(16)24-14-6-12-21-11-5-8-17(10-13-21)20(2)15-19(22)23/h3-4,7,9,17H,5-6,8,10-15H2,1-2H3,(H,22,23). The molecule has 1 unspecified atom stereocenters. The molecule has 134 valence electrons. The van der Waals surface area contributed by atoms with Crippen LogP contribution in [0.5, 0.6) is 5.75 Å². The first-order chi connectivity index (χ1) is 11.6. The smallest absolute Gasteiger partial charge is 0.317 e. The fourth-order valence-corrected chi connectivity index (χ4v) is 3.33. The third-order valence-corrected chi connectivity index (χ3v) is 4.77. The van der Waals surface area contributed by atoms with Crippen LogP contribution in [0.2, 0.25) is 0 Å². The van der Waals surface area contributed by atoms with Crippen LogP contribution >= 0.6 is 0 Å². The zero-order chi connectivity index (χ0) is 17.4. The summed E-state index contributed by atoms with van der Waals surface area (Å²) in [6.07, 6.45) is 4.28. The van der Waals surface area contributed by atoms with Crippen LogP contribution in [0.15, 0.2) is 24.3 Å². The Hall–Kier alpha value is -1.59. The molecule has 0 amide bonds. The molecule has 1 saturated heterocycles. The molecule has 1 aromatic carbocycles. The minimum atomic E-state index is -0.744.